The van der Waals surface area contributed by atoms with Gasteiger partial charge in [0.1, 0.15) is 0 Å². The summed E-state index contributed by atoms with van der Waals surface area (Å²) >= 11 is 0. The summed E-state index contributed by atoms with van der Waals surface area (Å²) in [5.41, 5.74) is 8.48. The fourth-order valence-electron chi connectivity index (χ4n) is 7.42. The highest BCUT2D eigenvalue weighted by atomic mass is 16.3. The highest BCUT2D eigenvalue weighted by Gasteiger charge is 2.47. The zero-order chi connectivity index (χ0) is 24.7. The molecule has 0 radical (unpaired) electrons. The first-order chi connectivity index (χ1) is 15.9. The van der Waals surface area contributed by atoms with E-state index in [0.717, 1.165) is 33.9 Å². The molecule has 0 aromatic heterocycles. The first-order valence-corrected chi connectivity index (χ1v) is 12.3. The standard InChI is InChI=1S/C30H36N2O2/c1-17(27-29(3,4)19-13-9-11-15-21(19)31(27)7)23-25(33)24(26(23)34)18(2)28-30(5,6)20-14-10-12-16-22(20)32(28)8/h9-16,23-26H,1-8H3/q-2. The van der Waals surface area contributed by atoms with Gasteiger partial charge in [0, 0.05) is 47.7 Å². The third-order valence-corrected chi connectivity index (χ3v) is 8.90. The lowest BCUT2D eigenvalue weighted by molar-refractivity contribution is -0.552. The molecule has 0 bridgehead atoms. The lowest BCUT2D eigenvalue weighted by Gasteiger charge is -2.63. The molecule has 4 heteroatoms. The summed E-state index contributed by atoms with van der Waals surface area (Å²) < 4.78 is 0. The van der Waals surface area contributed by atoms with Gasteiger partial charge in [0.2, 0.25) is 0 Å². The van der Waals surface area contributed by atoms with Crippen LogP contribution in [0.1, 0.15) is 52.7 Å². The molecule has 180 valence electrons. The van der Waals surface area contributed by atoms with Crippen LogP contribution in [0.3, 0.4) is 0 Å². The second-order valence-corrected chi connectivity index (χ2v) is 11.4. The van der Waals surface area contributed by atoms with Gasteiger partial charge in [0.25, 0.3) is 0 Å². The van der Waals surface area contributed by atoms with Crippen LogP contribution in [0.25, 0.3) is 0 Å². The molecule has 34 heavy (non-hydrogen) atoms. The van der Waals surface area contributed by atoms with Gasteiger partial charge in [0.05, 0.1) is 0 Å². The van der Waals surface area contributed by atoms with E-state index in [4.69, 9.17) is 0 Å². The highest BCUT2D eigenvalue weighted by Crippen LogP contribution is 2.54. The molecule has 1 fully saturated rings. The molecule has 2 heterocycles. The summed E-state index contributed by atoms with van der Waals surface area (Å²) in [5.74, 6) is -0.993. The lowest BCUT2D eigenvalue weighted by Crippen LogP contribution is -2.68. The van der Waals surface area contributed by atoms with Crippen LogP contribution in [0.15, 0.2) is 71.1 Å². The molecule has 5 rings (SSSR count). The van der Waals surface area contributed by atoms with E-state index in [1.807, 2.05) is 26.0 Å². The predicted molar refractivity (Wildman–Crippen MR) is 136 cm³/mol. The number of benzene rings is 2. The summed E-state index contributed by atoms with van der Waals surface area (Å²) in [4.78, 5) is 4.38. The predicted octanol–water partition coefficient (Wildman–Crippen LogP) is 4.09. The Bertz CT molecular complexity index is 1120. The Hall–Kier alpha value is -2.56. The van der Waals surface area contributed by atoms with E-state index >= 15 is 0 Å². The Morgan fingerprint density at radius 1 is 0.647 bits per heavy atom. The van der Waals surface area contributed by atoms with E-state index in [1.54, 1.807) is 0 Å². The molecule has 1 aliphatic carbocycles. The number of nitrogens with zero attached hydrogens (tertiary/aromatic N) is 2. The molecule has 0 amide bonds. The van der Waals surface area contributed by atoms with Crippen LogP contribution in [-0.4, -0.2) is 26.3 Å². The number of anilines is 2. The molecule has 0 spiro atoms. The van der Waals surface area contributed by atoms with Crippen molar-refractivity contribution in [2.75, 3.05) is 23.9 Å². The van der Waals surface area contributed by atoms with E-state index in [1.165, 1.54) is 11.1 Å². The molecular formula is C30H36N2O2-2. The molecule has 4 nitrogen and oxygen atoms in total. The first-order valence-electron chi connectivity index (χ1n) is 12.3. The van der Waals surface area contributed by atoms with Crippen molar-refractivity contribution >= 4 is 11.4 Å². The van der Waals surface area contributed by atoms with Crippen molar-refractivity contribution in [3.63, 3.8) is 0 Å². The molecule has 0 N–H and O–H groups in total. The Balaban J connectivity index is 1.51. The second kappa shape index (κ2) is 7.47. The maximum Gasteiger partial charge on any atom is 0.0447 e. The van der Waals surface area contributed by atoms with Crippen LogP contribution in [0.5, 0.6) is 0 Å². The van der Waals surface area contributed by atoms with Crippen molar-refractivity contribution in [3.05, 3.63) is 82.2 Å². The number of hydrogen-bond acceptors (Lipinski definition) is 4. The maximum atomic E-state index is 13.7. The van der Waals surface area contributed by atoms with Crippen molar-refractivity contribution in [1.82, 2.24) is 0 Å². The molecule has 2 aromatic rings. The molecule has 1 saturated carbocycles. The minimum Gasteiger partial charge on any atom is -0.851 e. The third kappa shape index (κ3) is 2.85. The molecule has 3 aliphatic rings. The average molecular weight is 457 g/mol. The summed E-state index contributed by atoms with van der Waals surface area (Å²) in [6.45, 7) is 12.8. The second-order valence-electron chi connectivity index (χ2n) is 11.4. The summed E-state index contributed by atoms with van der Waals surface area (Å²) in [7, 11) is 4.12. The van der Waals surface area contributed by atoms with Crippen LogP contribution in [-0.2, 0) is 10.8 Å². The number of fused-ring (bicyclic) bond motifs is 2. The summed E-state index contributed by atoms with van der Waals surface area (Å²) in [6, 6.07) is 16.8. The van der Waals surface area contributed by atoms with Gasteiger partial charge in [0.15, 0.2) is 0 Å². The molecule has 2 aliphatic heterocycles. The number of likely N-dealkylation sites (N-methyl/N-ethyl adjacent to an activating group) is 2. The van der Waals surface area contributed by atoms with Gasteiger partial charge in [-0.1, -0.05) is 75.2 Å². The topological polar surface area (TPSA) is 52.6 Å². The van der Waals surface area contributed by atoms with Gasteiger partial charge in [-0.15, -0.1) is 12.2 Å². The SMILES string of the molecule is CC(=C1N(C)c2ccccc2C1(C)C)C1C([O-])C(C(C)=C2N(C)c3ccccc3C2(C)C)C1[O-]. The Kier molecular flexibility index (Phi) is 5.09. The number of rotatable bonds is 2. The van der Waals surface area contributed by atoms with Crippen molar-refractivity contribution in [1.29, 1.82) is 0 Å². The minimum absolute atomic E-state index is 0.233. The smallest absolute Gasteiger partial charge is 0.0447 e. The molecule has 0 atom stereocenters. The zero-order valence-corrected chi connectivity index (χ0v) is 21.6. The average Bonchev–Trinajstić information content (AvgIpc) is 3.11. The zero-order valence-electron chi connectivity index (χ0n) is 21.6. The normalized spacial score (nSPS) is 31.7. The van der Waals surface area contributed by atoms with Crippen LogP contribution >= 0.6 is 0 Å². The van der Waals surface area contributed by atoms with Gasteiger partial charge in [-0.2, -0.15) is 0 Å². The van der Waals surface area contributed by atoms with Crippen molar-refractivity contribution in [3.8, 4) is 0 Å². The fraction of sp³-hybridized carbons (Fsp3) is 0.467. The molecule has 0 unspecified atom stereocenters. The van der Waals surface area contributed by atoms with E-state index in [0.29, 0.717) is 0 Å². The van der Waals surface area contributed by atoms with E-state index in [2.05, 4.69) is 88.0 Å². The molecule has 0 saturated heterocycles. The number of hydrogen-bond donors (Lipinski definition) is 0. The van der Waals surface area contributed by atoms with Crippen molar-refractivity contribution < 1.29 is 10.2 Å². The van der Waals surface area contributed by atoms with Gasteiger partial charge in [-0.3, -0.25) is 0 Å². The van der Waals surface area contributed by atoms with Gasteiger partial charge >= 0.3 is 0 Å². The Labute approximate surface area is 204 Å². The number of para-hydroxylation sites is 2. The monoisotopic (exact) mass is 456 g/mol. The quantitative estimate of drug-likeness (QED) is 0.683. The Morgan fingerprint density at radius 3 is 1.29 bits per heavy atom. The van der Waals surface area contributed by atoms with Crippen molar-refractivity contribution in [2.45, 2.75) is 64.6 Å². The number of allylic oxidation sites excluding steroid dienone is 2. The van der Waals surface area contributed by atoms with Crippen molar-refractivity contribution in [2.24, 2.45) is 11.8 Å². The molecule has 2 aromatic carbocycles. The maximum absolute atomic E-state index is 13.7. The fourth-order valence-corrected chi connectivity index (χ4v) is 7.42. The molecular weight excluding hydrogens is 420 g/mol. The summed E-state index contributed by atoms with van der Waals surface area (Å²) in [6.07, 6.45) is -1.85. The van der Waals surface area contributed by atoms with Crippen LogP contribution in [0.4, 0.5) is 11.4 Å². The first kappa shape index (κ1) is 23.2. The lowest BCUT2D eigenvalue weighted by atomic mass is 9.61. The van der Waals surface area contributed by atoms with Gasteiger partial charge < -0.3 is 20.0 Å². The van der Waals surface area contributed by atoms with Gasteiger partial charge in [-0.05, 0) is 48.9 Å². The third-order valence-electron chi connectivity index (χ3n) is 8.90. The summed E-state index contributed by atoms with van der Waals surface area (Å²) in [5, 5.41) is 27.5. The van der Waals surface area contributed by atoms with Crippen LogP contribution in [0, 0.1) is 11.8 Å². The van der Waals surface area contributed by atoms with Crippen LogP contribution < -0.4 is 20.0 Å². The van der Waals surface area contributed by atoms with E-state index < -0.39 is 24.0 Å². The van der Waals surface area contributed by atoms with E-state index in [9.17, 15) is 10.2 Å². The Morgan fingerprint density at radius 2 is 0.971 bits per heavy atom. The highest BCUT2D eigenvalue weighted by molar-refractivity contribution is 5.72. The van der Waals surface area contributed by atoms with Gasteiger partial charge in [-0.25, -0.2) is 0 Å². The minimum atomic E-state index is -0.927. The van der Waals surface area contributed by atoms with Crippen LogP contribution in [0.2, 0.25) is 0 Å². The van der Waals surface area contributed by atoms with E-state index in [-0.39, 0.29) is 10.8 Å². The largest absolute Gasteiger partial charge is 0.851 e.